The van der Waals surface area contributed by atoms with Gasteiger partial charge in [-0.05, 0) is 12.1 Å². The zero-order valence-corrected chi connectivity index (χ0v) is 13.1. The van der Waals surface area contributed by atoms with Gasteiger partial charge in [-0.25, -0.2) is 9.48 Å². The third-order valence-electron chi connectivity index (χ3n) is 3.47. The van der Waals surface area contributed by atoms with Crippen LogP contribution >= 0.6 is 11.6 Å². The minimum atomic E-state index is -0.482. The summed E-state index contributed by atoms with van der Waals surface area (Å²) in [5, 5.41) is 4.36. The molecule has 0 saturated carbocycles. The number of ether oxygens (including phenoxy) is 1. The summed E-state index contributed by atoms with van der Waals surface area (Å²) in [6, 6.07) is 3.60. The minimum absolute atomic E-state index is 0.0657. The summed E-state index contributed by atoms with van der Waals surface area (Å²) in [4.78, 5) is 30.4. The molecular weight excluding hydrogens is 322 g/mol. The van der Waals surface area contributed by atoms with Gasteiger partial charge < -0.3 is 9.64 Å². The van der Waals surface area contributed by atoms with E-state index in [0.29, 0.717) is 18.8 Å². The van der Waals surface area contributed by atoms with E-state index in [1.165, 1.54) is 9.80 Å². The Kier molecular flexibility index (Phi) is 4.16. The lowest BCUT2D eigenvalue weighted by atomic mass is 10.4. The molecule has 0 atom stereocenters. The van der Waals surface area contributed by atoms with Crippen LogP contribution in [0.4, 0.5) is 10.5 Å². The molecule has 0 N–H and O–H groups in total. The Labute approximate surface area is 137 Å². The van der Waals surface area contributed by atoms with Gasteiger partial charge in [0.15, 0.2) is 5.15 Å². The Morgan fingerprint density at radius 2 is 2.35 bits per heavy atom. The van der Waals surface area contributed by atoms with Gasteiger partial charge in [0, 0.05) is 13.2 Å². The van der Waals surface area contributed by atoms with Crippen molar-refractivity contribution >= 4 is 29.3 Å². The molecule has 0 bridgehead atoms. The van der Waals surface area contributed by atoms with E-state index in [1.807, 2.05) is 6.07 Å². The van der Waals surface area contributed by atoms with Gasteiger partial charge in [-0.2, -0.15) is 5.10 Å². The number of likely N-dealkylation sites (N-methyl/N-ethyl adjacent to an activating group) is 1. The van der Waals surface area contributed by atoms with E-state index in [1.54, 1.807) is 36.4 Å². The number of halogens is 1. The van der Waals surface area contributed by atoms with Crippen LogP contribution in [0.1, 0.15) is 0 Å². The first-order chi connectivity index (χ1) is 11.1. The fourth-order valence-corrected chi connectivity index (χ4v) is 2.42. The highest BCUT2D eigenvalue weighted by molar-refractivity contribution is 6.32. The molecule has 0 aliphatic carbocycles. The summed E-state index contributed by atoms with van der Waals surface area (Å²) < 4.78 is 6.34. The monoisotopic (exact) mass is 335 g/mol. The van der Waals surface area contributed by atoms with Crippen molar-refractivity contribution in [2.75, 3.05) is 31.6 Å². The highest BCUT2D eigenvalue weighted by Crippen LogP contribution is 2.25. The van der Waals surface area contributed by atoms with E-state index in [9.17, 15) is 9.59 Å². The smallest absolute Gasteiger partial charge is 0.410 e. The Morgan fingerprint density at radius 3 is 3.00 bits per heavy atom. The van der Waals surface area contributed by atoms with E-state index in [-0.39, 0.29) is 17.6 Å². The van der Waals surface area contributed by atoms with Crippen molar-refractivity contribution in [3.8, 4) is 5.69 Å². The molecule has 1 saturated heterocycles. The largest absolute Gasteiger partial charge is 0.448 e. The molecule has 0 unspecified atom stereocenters. The molecule has 23 heavy (non-hydrogen) atoms. The second kappa shape index (κ2) is 6.25. The number of carbonyl (C=O) groups excluding carboxylic acids is 2. The number of amides is 2. The normalized spacial score (nSPS) is 14.0. The van der Waals surface area contributed by atoms with E-state index < -0.39 is 6.09 Å². The Bertz CT molecular complexity index is 733. The molecule has 2 aromatic rings. The van der Waals surface area contributed by atoms with Crippen molar-refractivity contribution in [2.45, 2.75) is 0 Å². The average Bonchev–Trinajstić information content (AvgIpc) is 3.14. The topological polar surface area (TPSA) is 80.6 Å². The molecule has 2 aromatic heterocycles. The molecule has 1 aliphatic rings. The van der Waals surface area contributed by atoms with Crippen molar-refractivity contribution in [3.63, 3.8) is 0 Å². The number of hydrogen-bond acceptors (Lipinski definition) is 5. The van der Waals surface area contributed by atoms with Crippen molar-refractivity contribution in [1.29, 1.82) is 0 Å². The molecule has 2 amide bonds. The summed E-state index contributed by atoms with van der Waals surface area (Å²) in [5.74, 6) is -0.281. The number of anilines is 1. The fraction of sp³-hybridized carbons (Fsp3) is 0.286. The van der Waals surface area contributed by atoms with Crippen LogP contribution in [0, 0.1) is 0 Å². The summed E-state index contributed by atoms with van der Waals surface area (Å²) in [6.45, 7) is 0.639. The van der Waals surface area contributed by atoms with Gasteiger partial charge in [0.05, 0.1) is 24.6 Å². The maximum absolute atomic E-state index is 12.3. The van der Waals surface area contributed by atoms with Crippen LogP contribution < -0.4 is 4.90 Å². The van der Waals surface area contributed by atoms with Gasteiger partial charge in [-0.3, -0.25) is 14.7 Å². The highest BCUT2D eigenvalue weighted by atomic mass is 35.5. The zero-order valence-electron chi connectivity index (χ0n) is 12.3. The zero-order chi connectivity index (χ0) is 16.4. The lowest BCUT2D eigenvalue weighted by Crippen LogP contribution is -2.38. The number of carbonyl (C=O) groups is 2. The number of cyclic esters (lactones) is 1. The third-order valence-corrected chi connectivity index (χ3v) is 3.74. The third kappa shape index (κ3) is 3.11. The summed E-state index contributed by atoms with van der Waals surface area (Å²) >= 11 is 6.13. The molecule has 3 heterocycles. The Morgan fingerprint density at radius 1 is 1.52 bits per heavy atom. The number of rotatable bonds is 4. The Balaban J connectivity index is 1.77. The predicted molar refractivity (Wildman–Crippen MR) is 82.7 cm³/mol. The van der Waals surface area contributed by atoms with Crippen LogP contribution in [0.5, 0.6) is 0 Å². The van der Waals surface area contributed by atoms with Gasteiger partial charge in [-0.15, -0.1) is 0 Å². The van der Waals surface area contributed by atoms with Crippen LogP contribution in [0.15, 0.2) is 30.7 Å². The minimum Gasteiger partial charge on any atom is -0.448 e. The van der Waals surface area contributed by atoms with Gasteiger partial charge in [0.25, 0.3) is 0 Å². The molecule has 0 spiro atoms. The first-order valence-corrected chi connectivity index (χ1v) is 7.28. The van der Waals surface area contributed by atoms with Crippen molar-refractivity contribution in [2.24, 2.45) is 0 Å². The Hall–Kier alpha value is -2.61. The number of hydrogen-bond donors (Lipinski definition) is 0. The standard InChI is InChI=1S/C14H14ClN5O3/c1-18(12(21)9-19-5-6-23-14(19)22)11-8-20(17-13(11)15)10-3-2-4-16-7-10/h2-4,7-8H,5-6,9H2,1H3. The maximum atomic E-state index is 12.3. The number of nitrogens with zero attached hydrogens (tertiary/aromatic N) is 5. The second-order valence-corrected chi connectivity index (χ2v) is 5.31. The van der Waals surface area contributed by atoms with Gasteiger partial charge >= 0.3 is 6.09 Å². The van der Waals surface area contributed by atoms with Gasteiger partial charge in [0.1, 0.15) is 18.8 Å². The van der Waals surface area contributed by atoms with E-state index in [0.717, 1.165) is 5.69 Å². The lowest BCUT2D eigenvalue weighted by molar-refractivity contribution is -0.118. The summed E-state index contributed by atoms with van der Waals surface area (Å²) in [7, 11) is 1.58. The maximum Gasteiger partial charge on any atom is 0.410 e. The molecule has 1 aliphatic heterocycles. The molecule has 0 radical (unpaired) electrons. The van der Waals surface area contributed by atoms with Crippen LogP contribution in [0.3, 0.4) is 0 Å². The second-order valence-electron chi connectivity index (χ2n) is 4.95. The van der Waals surface area contributed by atoms with Crippen LogP contribution in [-0.2, 0) is 9.53 Å². The molecule has 120 valence electrons. The van der Waals surface area contributed by atoms with Crippen LogP contribution in [0.25, 0.3) is 5.69 Å². The summed E-state index contributed by atoms with van der Waals surface area (Å²) in [6.07, 6.45) is 4.44. The van der Waals surface area contributed by atoms with Crippen LogP contribution in [-0.4, -0.2) is 58.4 Å². The summed E-state index contributed by atoms with van der Waals surface area (Å²) in [5.41, 5.74) is 1.18. The van der Waals surface area contributed by atoms with Crippen LogP contribution in [0.2, 0.25) is 5.15 Å². The van der Waals surface area contributed by atoms with Crippen molar-refractivity contribution in [1.82, 2.24) is 19.7 Å². The van der Waals surface area contributed by atoms with Gasteiger partial charge in [-0.1, -0.05) is 11.6 Å². The first kappa shape index (κ1) is 15.3. The number of aromatic nitrogens is 3. The quantitative estimate of drug-likeness (QED) is 0.842. The molecule has 3 rings (SSSR count). The first-order valence-electron chi connectivity index (χ1n) is 6.90. The molecule has 9 heteroatoms. The van der Waals surface area contributed by atoms with Crippen molar-refractivity contribution < 1.29 is 14.3 Å². The molecule has 0 aromatic carbocycles. The van der Waals surface area contributed by atoms with Gasteiger partial charge in [0.2, 0.25) is 5.91 Å². The lowest BCUT2D eigenvalue weighted by Gasteiger charge is -2.19. The average molecular weight is 336 g/mol. The van der Waals surface area contributed by atoms with E-state index in [2.05, 4.69) is 10.1 Å². The van der Waals surface area contributed by atoms with E-state index >= 15 is 0 Å². The van der Waals surface area contributed by atoms with Crippen molar-refractivity contribution in [3.05, 3.63) is 35.9 Å². The SMILES string of the molecule is CN(C(=O)CN1CCOC1=O)c1cn(-c2cccnc2)nc1Cl. The highest BCUT2D eigenvalue weighted by Gasteiger charge is 2.27. The molecular formula is C14H14ClN5O3. The predicted octanol–water partition coefficient (Wildman–Crippen LogP) is 1.34. The van der Waals surface area contributed by atoms with E-state index in [4.69, 9.17) is 16.3 Å². The number of pyridine rings is 1. The molecule has 1 fully saturated rings. The fourth-order valence-electron chi connectivity index (χ4n) is 2.16. The molecule has 8 nitrogen and oxygen atoms in total.